The molecule has 0 radical (unpaired) electrons. The molecule has 0 saturated carbocycles. The van der Waals surface area contributed by atoms with Crippen molar-refractivity contribution in [1.29, 1.82) is 0 Å². The van der Waals surface area contributed by atoms with Crippen molar-refractivity contribution < 1.29 is 17.9 Å². The zero-order chi connectivity index (χ0) is 25.8. The summed E-state index contributed by atoms with van der Waals surface area (Å²) in [5, 5.41) is 0.568. The summed E-state index contributed by atoms with van der Waals surface area (Å²) in [7, 11) is -1.97. The van der Waals surface area contributed by atoms with Crippen molar-refractivity contribution in [3.8, 4) is 5.75 Å². The van der Waals surface area contributed by atoms with Gasteiger partial charge < -0.3 is 4.74 Å². The smallest absolute Gasteiger partial charge is 0.260 e. The van der Waals surface area contributed by atoms with Gasteiger partial charge >= 0.3 is 0 Å². The number of aromatic nitrogens is 1. The molecular formula is C28H29N3O4S2. The lowest BCUT2D eigenvalue weighted by molar-refractivity contribution is 0.0985. The Labute approximate surface area is 221 Å². The Morgan fingerprint density at radius 2 is 1.68 bits per heavy atom. The van der Waals surface area contributed by atoms with E-state index in [1.54, 1.807) is 28.4 Å². The highest BCUT2D eigenvalue weighted by molar-refractivity contribution is 7.89. The average molecular weight is 536 g/mol. The standard InChI is InChI=1S/C28H29N3O4S2/c1-35-23-13-16-25-26(19-23)36-28(29-25)31(20-21-9-5-4-6-10-21)27(32)22-11-14-24(15-12-22)37(33,34)30-17-7-2-3-8-18-30/h4-6,9-16,19H,2-3,7-8,17-18,20H2,1H3. The average Bonchev–Trinajstić information content (AvgIpc) is 3.14. The normalized spacial score (nSPS) is 14.8. The summed E-state index contributed by atoms with van der Waals surface area (Å²) in [5.74, 6) is 0.485. The van der Waals surface area contributed by atoms with Crippen LogP contribution < -0.4 is 9.64 Å². The highest BCUT2D eigenvalue weighted by Crippen LogP contribution is 2.33. The molecule has 1 aliphatic heterocycles. The van der Waals surface area contributed by atoms with Crippen LogP contribution in [0, 0.1) is 0 Å². The highest BCUT2D eigenvalue weighted by atomic mass is 32.2. The van der Waals surface area contributed by atoms with E-state index in [-0.39, 0.29) is 10.8 Å². The third-order valence-electron chi connectivity index (χ3n) is 6.55. The number of thiazole rings is 1. The molecule has 0 aliphatic carbocycles. The first-order valence-electron chi connectivity index (χ1n) is 12.4. The summed E-state index contributed by atoms with van der Waals surface area (Å²) in [6.45, 7) is 1.41. The van der Waals surface area contributed by atoms with E-state index in [0.717, 1.165) is 47.2 Å². The zero-order valence-electron chi connectivity index (χ0n) is 20.7. The fourth-order valence-electron chi connectivity index (χ4n) is 4.48. The number of sulfonamides is 1. The van der Waals surface area contributed by atoms with Crippen molar-refractivity contribution in [1.82, 2.24) is 9.29 Å². The molecule has 2 heterocycles. The molecule has 0 unspecified atom stereocenters. The Morgan fingerprint density at radius 1 is 0.973 bits per heavy atom. The molecule has 9 heteroatoms. The molecular weight excluding hydrogens is 506 g/mol. The van der Waals surface area contributed by atoms with Gasteiger partial charge in [0.15, 0.2) is 5.13 Å². The maximum atomic E-state index is 13.8. The molecule has 1 fully saturated rings. The van der Waals surface area contributed by atoms with E-state index in [1.807, 2.05) is 48.5 Å². The van der Waals surface area contributed by atoms with Crippen molar-refractivity contribution in [2.75, 3.05) is 25.1 Å². The quantitative estimate of drug-likeness (QED) is 0.303. The number of rotatable bonds is 7. The van der Waals surface area contributed by atoms with Gasteiger partial charge in [0, 0.05) is 18.7 Å². The van der Waals surface area contributed by atoms with Crippen LogP contribution in [0.5, 0.6) is 5.75 Å². The van der Waals surface area contributed by atoms with Gasteiger partial charge in [0.05, 0.1) is 28.8 Å². The fourth-order valence-corrected chi connectivity index (χ4v) is 6.99. The molecule has 1 amide bonds. The molecule has 1 aliphatic rings. The van der Waals surface area contributed by atoms with E-state index < -0.39 is 10.0 Å². The Balaban J connectivity index is 1.46. The van der Waals surface area contributed by atoms with Gasteiger partial charge in [-0.2, -0.15) is 4.31 Å². The van der Waals surface area contributed by atoms with Gasteiger partial charge in [-0.05, 0) is 60.9 Å². The van der Waals surface area contributed by atoms with Gasteiger partial charge in [0.25, 0.3) is 5.91 Å². The van der Waals surface area contributed by atoms with Crippen LogP contribution in [0.2, 0.25) is 0 Å². The van der Waals surface area contributed by atoms with Crippen molar-refractivity contribution in [2.24, 2.45) is 0 Å². The second-order valence-electron chi connectivity index (χ2n) is 9.05. The Bertz CT molecular complexity index is 1480. The lowest BCUT2D eigenvalue weighted by Crippen LogP contribution is -2.32. The second kappa shape index (κ2) is 11.0. The minimum atomic E-state index is -3.59. The number of hydrogen-bond donors (Lipinski definition) is 0. The van der Waals surface area contributed by atoms with Crippen molar-refractivity contribution in [2.45, 2.75) is 37.1 Å². The lowest BCUT2D eigenvalue weighted by atomic mass is 10.1. The summed E-state index contributed by atoms with van der Waals surface area (Å²) in [5.41, 5.74) is 2.15. The van der Waals surface area contributed by atoms with Crippen LogP contribution in [0.3, 0.4) is 0 Å². The van der Waals surface area contributed by atoms with Crippen LogP contribution in [0.15, 0.2) is 77.7 Å². The van der Waals surface area contributed by atoms with Crippen molar-refractivity contribution in [3.63, 3.8) is 0 Å². The number of methoxy groups -OCH3 is 1. The number of carbonyl (C=O) groups excluding carboxylic acids is 1. The number of amides is 1. The minimum absolute atomic E-state index is 0.215. The summed E-state index contributed by atoms with van der Waals surface area (Å²) in [6, 6.07) is 21.6. The Hall–Kier alpha value is -3.27. The van der Waals surface area contributed by atoms with Crippen LogP contribution in [-0.4, -0.2) is 43.8 Å². The largest absolute Gasteiger partial charge is 0.497 e. The SMILES string of the molecule is COc1ccc2nc(N(Cc3ccccc3)C(=O)c3ccc(S(=O)(=O)N4CCCCCC4)cc3)sc2c1. The number of carbonyl (C=O) groups is 1. The van der Waals surface area contributed by atoms with Crippen molar-refractivity contribution >= 4 is 42.6 Å². The van der Waals surface area contributed by atoms with Gasteiger partial charge in [-0.1, -0.05) is 54.5 Å². The maximum absolute atomic E-state index is 13.8. The van der Waals surface area contributed by atoms with Crippen LogP contribution >= 0.6 is 11.3 Å². The Kier molecular flexibility index (Phi) is 7.55. The monoisotopic (exact) mass is 535 g/mol. The van der Waals surface area contributed by atoms with Gasteiger partial charge in [-0.15, -0.1) is 0 Å². The Morgan fingerprint density at radius 3 is 2.35 bits per heavy atom. The van der Waals surface area contributed by atoms with E-state index in [4.69, 9.17) is 9.72 Å². The van der Waals surface area contributed by atoms with E-state index in [9.17, 15) is 13.2 Å². The van der Waals surface area contributed by atoms with Crippen LogP contribution in [0.25, 0.3) is 10.2 Å². The highest BCUT2D eigenvalue weighted by Gasteiger charge is 2.27. The number of anilines is 1. The van der Waals surface area contributed by atoms with Crippen LogP contribution in [0.4, 0.5) is 5.13 Å². The zero-order valence-corrected chi connectivity index (χ0v) is 22.3. The molecule has 5 rings (SSSR count). The topological polar surface area (TPSA) is 79.8 Å². The molecule has 7 nitrogen and oxygen atoms in total. The van der Waals surface area contributed by atoms with E-state index >= 15 is 0 Å². The number of hydrogen-bond acceptors (Lipinski definition) is 6. The van der Waals surface area contributed by atoms with E-state index in [1.165, 1.54) is 23.5 Å². The maximum Gasteiger partial charge on any atom is 0.260 e. The number of benzene rings is 3. The predicted octanol–water partition coefficient (Wildman–Crippen LogP) is 5.72. The van der Waals surface area contributed by atoms with Gasteiger partial charge in [0.1, 0.15) is 5.75 Å². The van der Waals surface area contributed by atoms with E-state index in [2.05, 4.69) is 0 Å². The first kappa shape index (κ1) is 25.4. The first-order valence-corrected chi connectivity index (χ1v) is 14.6. The minimum Gasteiger partial charge on any atom is -0.497 e. The molecule has 1 saturated heterocycles. The van der Waals surface area contributed by atoms with Crippen LogP contribution in [-0.2, 0) is 16.6 Å². The van der Waals surface area contributed by atoms with Gasteiger partial charge in [0.2, 0.25) is 10.0 Å². The van der Waals surface area contributed by atoms with Gasteiger partial charge in [-0.25, -0.2) is 13.4 Å². The summed E-state index contributed by atoms with van der Waals surface area (Å²) in [6.07, 6.45) is 3.85. The molecule has 37 heavy (non-hydrogen) atoms. The summed E-state index contributed by atoms with van der Waals surface area (Å²) >= 11 is 1.42. The van der Waals surface area contributed by atoms with Crippen LogP contribution in [0.1, 0.15) is 41.6 Å². The molecule has 192 valence electrons. The first-order chi connectivity index (χ1) is 18.0. The molecule has 0 N–H and O–H groups in total. The fraction of sp³-hybridized carbons (Fsp3) is 0.286. The summed E-state index contributed by atoms with van der Waals surface area (Å²) in [4.78, 5) is 20.3. The molecule has 1 aromatic heterocycles. The predicted molar refractivity (Wildman–Crippen MR) is 147 cm³/mol. The number of ether oxygens (including phenoxy) is 1. The summed E-state index contributed by atoms with van der Waals surface area (Å²) < 4.78 is 34.2. The molecule has 0 atom stereocenters. The second-order valence-corrected chi connectivity index (χ2v) is 12.0. The number of fused-ring (bicyclic) bond motifs is 1. The molecule has 4 aromatic rings. The third-order valence-corrected chi connectivity index (χ3v) is 9.50. The van der Waals surface area contributed by atoms with E-state index in [0.29, 0.717) is 30.3 Å². The molecule has 0 bridgehead atoms. The third kappa shape index (κ3) is 5.53. The molecule has 0 spiro atoms. The number of nitrogens with zero attached hydrogens (tertiary/aromatic N) is 3. The molecule has 3 aromatic carbocycles. The van der Waals surface area contributed by atoms with Crippen molar-refractivity contribution in [3.05, 3.63) is 83.9 Å². The lowest BCUT2D eigenvalue weighted by Gasteiger charge is -2.21. The van der Waals surface area contributed by atoms with Gasteiger partial charge in [-0.3, -0.25) is 9.69 Å².